The summed E-state index contributed by atoms with van der Waals surface area (Å²) in [5.74, 6) is 1.10. The maximum atomic E-state index is 6.13. The number of furan rings is 1. The van der Waals surface area contributed by atoms with E-state index >= 15 is 0 Å². The lowest BCUT2D eigenvalue weighted by Crippen LogP contribution is -2.11. The van der Waals surface area contributed by atoms with Crippen molar-refractivity contribution in [3.8, 4) is 0 Å². The zero-order valence-corrected chi connectivity index (χ0v) is 13.7. The smallest absolute Gasteiger partial charge is 0.137 e. The first-order valence-corrected chi connectivity index (χ1v) is 7.58. The van der Waals surface area contributed by atoms with E-state index in [9.17, 15) is 0 Å². The minimum Gasteiger partial charge on any atom is -0.459 e. The highest BCUT2D eigenvalue weighted by atomic mass is 16.3. The Morgan fingerprint density at radius 2 is 1.90 bits per heavy atom. The van der Waals surface area contributed by atoms with Crippen LogP contribution in [-0.4, -0.2) is 7.05 Å². The summed E-state index contributed by atoms with van der Waals surface area (Å²) in [6.07, 6.45) is 2.22. The Hall–Kier alpha value is -1.28. The molecule has 110 valence electrons. The maximum Gasteiger partial charge on any atom is 0.137 e. The Kier molecular flexibility index (Phi) is 4.24. The van der Waals surface area contributed by atoms with Gasteiger partial charge in [-0.15, -0.1) is 0 Å². The van der Waals surface area contributed by atoms with Gasteiger partial charge in [0, 0.05) is 10.9 Å². The van der Waals surface area contributed by atoms with E-state index in [-0.39, 0.29) is 5.41 Å². The first-order chi connectivity index (χ1) is 9.38. The third-order valence-electron chi connectivity index (χ3n) is 3.86. The number of fused-ring (bicyclic) bond motifs is 1. The fraction of sp³-hybridized carbons (Fsp3) is 0.556. The van der Waals surface area contributed by atoms with Gasteiger partial charge in [-0.2, -0.15) is 0 Å². The monoisotopic (exact) mass is 273 g/mol. The van der Waals surface area contributed by atoms with Gasteiger partial charge in [0.2, 0.25) is 0 Å². The highest BCUT2D eigenvalue weighted by Crippen LogP contribution is 2.34. The Bertz CT molecular complexity index is 602. The summed E-state index contributed by atoms with van der Waals surface area (Å²) in [5, 5.41) is 4.52. The lowest BCUT2D eigenvalue weighted by molar-refractivity contribution is 0.521. The van der Waals surface area contributed by atoms with Crippen LogP contribution in [0, 0.1) is 6.92 Å². The van der Waals surface area contributed by atoms with Crippen molar-refractivity contribution in [3.63, 3.8) is 0 Å². The summed E-state index contributed by atoms with van der Waals surface area (Å²) in [6.45, 7) is 12.0. The van der Waals surface area contributed by atoms with Crippen LogP contribution in [0.5, 0.6) is 0 Å². The van der Waals surface area contributed by atoms with Crippen molar-refractivity contribution in [2.24, 2.45) is 0 Å². The first kappa shape index (κ1) is 15.1. The molecule has 0 aliphatic heterocycles. The van der Waals surface area contributed by atoms with Crippen LogP contribution >= 0.6 is 0 Å². The fourth-order valence-corrected chi connectivity index (χ4v) is 2.73. The molecule has 0 spiro atoms. The minimum absolute atomic E-state index is 0.170. The number of aryl methyl sites for hydroxylation is 2. The molecule has 20 heavy (non-hydrogen) atoms. The van der Waals surface area contributed by atoms with Crippen LogP contribution in [0.25, 0.3) is 11.0 Å². The van der Waals surface area contributed by atoms with Crippen LogP contribution < -0.4 is 5.32 Å². The summed E-state index contributed by atoms with van der Waals surface area (Å²) >= 11 is 0. The molecule has 0 bridgehead atoms. The Labute approximate surface area is 122 Å². The van der Waals surface area contributed by atoms with E-state index in [2.05, 4.69) is 52.1 Å². The van der Waals surface area contributed by atoms with E-state index in [1.165, 1.54) is 22.1 Å². The van der Waals surface area contributed by atoms with Crippen LogP contribution in [0.15, 0.2) is 16.5 Å². The van der Waals surface area contributed by atoms with Gasteiger partial charge >= 0.3 is 0 Å². The summed E-state index contributed by atoms with van der Waals surface area (Å²) in [6, 6.07) is 4.60. The van der Waals surface area contributed by atoms with Crippen LogP contribution in [0.2, 0.25) is 0 Å². The van der Waals surface area contributed by atoms with E-state index in [4.69, 9.17) is 4.42 Å². The van der Waals surface area contributed by atoms with E-state index in [1.54, 1.807) is 0 Å². The average molecular weight is 273 g/mol. The molecule has 0 atom stereocenters. The lowest BCUT2D eigenvalue weighted by Gasteiger charge is -2.19. The second-order valence-electron chi connectivity index (χ2n) is 6.70. The largest absolute Gasteiger partial charge is 0.459 e. The van der Waals surface area contributed by atoms with Crippen molar-refractivity contribution in [1.29, 1.82) is 0 Å². The van der Waals surface area contributed by atoms with E-state index in [1.807, 2.05) is 7.05 Å². The third kappa shape index (κ3) is 2.76. The number of hydrogen-bond acceptors (Lipinski definition) is 2. The Morgan fingerprint density at radius 3 is 2.45 bits per heavy atom. The van der Waals surface area contributed by atoms with Gasteiger partial charge in [0.15, 0.2) is 0 Å². The van der Waals surface area contributed by atoms with Gasteiger partial charge in [0.25, 0.3) is 0 Å². The number of rotatable bonds is 4. The first-order valence-electron chi connectivity index (χ1n) is 7.58. The molecule has 0 saturated carbocycles. The van der Waals surface area contributed by atoms with Gasteiger partial charge in [-0.05, 0) is 43.0 Å². The van der Waals surface area contributed by atoms with Gasteiger partial charge < -0.3 is 9.73 Å². The Balaban J connectivity index is 2.69. The van der Waals surface area contributed by atoms with Crippen molar-refractivity contribution in [1.82, 2.24) is 5.32 Å². The molecule has 0 aliphatic rings. The molecule has 1 aromatic carbocycles. The predicted octanol–water partition coefficient (Wildman–Crippen LogP) is 4.71. The Morgan fingerprint density at radius 1 is 1.20 bits per heavy atom. The van der Waals surface area contributed by atoms with E-state index < -0.39 is 0 Å². The van der Waals surface area contributed by atoms with Gasteiger partial charge in [0.05, 0.1) is 6.54 Å². The van der Waals surface area contributed by atoms with Crippen LogP contribution in [0.1, 0.15) is 56.6 Å². The van der Waals surface area contributed by atoms with Gasteiger partial charge in [-0.3, -0.25) is 0 Å². The highest BCUT2D eigenvalue weighted by Gasteiger charge is 2.20. The lowest BCUT2D eigenvalue weighted by atomic mass is 9.85. The highest BCUT2D eigenvalue weighted by molar-refractivity contribution is 5.86. The molecule has 2 heteroatoms. The zero-order chi connectivity index (χ0) is 14.9. The summed E-state index contributed by atoms with van der Waals surface area (Å²) in [4.78, 5) is 0. The summed E-state index contributed by atoms with van der Waals surface area (Å²) in [7, 11) is 1.97. The maximum absolute atomic E-state index is 6.13. The van der Waals surface area contributed by atoms with E-state index in [0.29, 0.717) is 0 Å². The third-order valence-corrected chi connectivity index (χ3v) is 3.86. The fourth-order valence-electron chi connectivity index (χ4n) is 2.73. The van der Waals surface area contributed by atoms with Crippen molar-refractivity contribution >= 4 is 11.0 Å². The van der Waals surface area contributed by atoms with Gasteiger partial charge in [-0.1, -0.05) is 40.2 Å². The number of nitrogens with one attached hydrogen (secondary N) is 1. The molecule has 0 amide bonds. The zero-order valence-electron chi connectivity index (χ0n) is 13.7. The van der Waals surface area contributed by atoms with Crippen LogP contribution in [-0.2, 0) is 18.4 Å². The molecule has 0 aliphatic carbocycles. The standard InChI is InChI=1S/C18H27NO/c1-7-8-14-15-10-13(18(3,4)5)9-12(2)17(15)20-16(14)11-19-6/h9-10,19H,7-8,11H2,1-6H3. The van der Waals surface area contributed by atoms with Crippen molar-refractivity contribution < 1.29 is 4.42 Å². The molecule has 0 unspecified atom stereocenters. The molecule has 2 aromatic rings. The molecule has 0 radical (unpaired) electrons. The molecular formula is C18H27NO. The predicted molar refractivity (Wildman–Crippen MR) is 86.4 cm³/mol. The summed E-state index contributed by atoms with van der Waals surface area (Å²) in [5.41, 5.74) is 5.24. The molecule has 0 fully saturated rings. The molecule has 2 rings (SSSR count). The molecular weight excluding hydrogens is 246 g/mol. The summed E-state index contributed by atoms with van der Waals surface area (Å²) < 4.78 is 6.13. The van der Waals surface area contributed by atoms with Crippen molar-refractivity contribution in [2.45, 2.75) is 59.4 Å². The minimum atomic E-state index is 0.170. The molecule has 0 saturated heterocycles. The molecule has 2 nitrogen and oxygen atoms in total. The normalized spacial score (nSPS) is 12.3. The van der Waals surface area contributed by atoms with Crippen molar-refractivity contribution in [2.75, 3.05) is 7.05 Å². The average Bonchev–Trinajstić information content (AvgIpc) is 2.69. The van der Waals surface area contributed by atoms with Gasteiger partial charge in [-0.25, -0.2) is 0 Å². The molecule has 1 N–H and O–H groups in total. The SMILES string of the molecule is CCCc1c(CNC)oc2c(C)cc(C(C)(C)C)cc12. The molecule has 1 aromatic heterocycles. The van der Waals surface area contributed by atoms with Crippen molar-refractivity contribution in [3.05, 3.63) is 34.6 Å². The van der Waals surface area contributed by atoms with Gasteiger partial charge in [0.1, 0.15) is 11.3 Å². The quantitative estimate of drug-likeness (QED) is 0.872. The van der Waals surface area contributed by atoms with E-state index in [0.717, 1.165) is 30.7 Å². The molecule has 1 heterocycles. The second kappa shape index (κ2) is 5.61. The van der Waals surface area contributed by atoms with Crippen LogP contribution in [0.3, 0.4) is 0 Å². The second-order valence-corrected chi connectivity index (χ2v) is 6.70. The number of hydrogen-bond donors (Lipinski definition) is 1. The number of benzene rings is 1. The topological polar surface area (TPSA) is 25.2 Å². The van der Waals surface area contributed by atoms with Crippen LogP contribution in [0.4, 0.5) is 0 Å².